The average Bonchev–Trinajstić information content (AvgIpc) is 2.71. The minimum absolute atomic E-state index is 0.613. The summed E-state index contributed by atoms with van der Waals surface area (Å²) in [7, 11) is 0. The number of nitrogens with zero attached hydrogens (tertiary/aromatic N) is 1. The van der Waals surface area contributed by atoms with E-state index in [1.54, 1.807) is 11.3 Å². The number of hydrogen-bond donors (Lipinski definition) is 0. The fraction of sp³-hybridized carbons (Fsp3) is 0.308. The Kier molecular flexibility index (Phi) is 3.17. The summed E-state index contributed by atoms with van der Waals surface area (Å²) in [6.07, 6.45) is 2.95. The van der Waals surface area contributed by atoms with E-state index < -0.39 is 0 Å². The maximum absolute atomic E-state index is 4.08. The van der Waals surface area contributed by atoms with E-state index in [9.17, 15) is 0 Å². The predicted molar refractivity (Wildman–Crippen MR) is 65.5 cm³/mol. The molecule has 78 valence electrons. The van der Waals surface area contributed by atoms with Gasteiger partial charge in [-0.3, -0.25) is 4.98 Å². The van der Waals surface area contributed by atoms with Crippen LogP contribution >= 0.6 is 11.3 Å². The molecule has 0 saturated carbocycles. The first-order chi connectivity index (χ1) is 7.25. The Morgan fingerprint density at radius 2 is 1.93 bits per heavy atom. The number of hydrogen-bond acceptors (Lipinski definition) is 2. The SMILES string of the molecule is CC(C)c1ccc(Cc2cncs2)cc1. The minimum atomic E-state index is 0.613. The van der Waals surface area contributed by atoms with Gasteiger partial charge in [-0.05, 0) is 17.0 Å². The molecule has 0 atom stereocenters. The molecule has 0 radical (unpaired) electrons. The first kappa shape index (κ1) is 10.4. The standard InChI is InChI=1S/C13H15NS/c1-10(2)12-5-3-11(4-6-12)7-13-8-14-9-15-13/h3-6,8-10H,7H2,1-2H3. The van der Waals surface area contributed by atoms with Gasteiger partial charge in [0, 0.05) is 17.5 Å². The molecule has 0 fully saturated rings. The third-order valence-electron chi connectivity index (χ3n) is 2.51. The van der Waals surface area contributed by atoms with Crippen LogP contribution in [0.15, 0.2) is 36.0 Å². The van der Waals surface area contributed by atoms with Crippen LogP contribution in [0.25, 0.3) is 0 Å². The molecule has 15 heavy (non-hydrogen) atoms. The van der Waals surface area contributed by atoms with Gasteiger partial charge >= 0.3 is 0 Å². The van der Waals surface area contributed by atoms with E-state index in [4.69, 9.17) is 0 Å². The van der Waals surface area contributed by atoms with E-state index in [1.165, 1.54) is 16.0 Å². The van der Waals surface area contributed by atoms with Gasteiger partial charge in [-0.15, -0.1) is 11.3 Å². The monoisotopic (exact) mass is 217 g/mol. The Bertz CT molecular complexity index is 401. The van der Waals surface area contributed by atoms with Crippen LogP contribution in [-0.2, 0) is 6.42 Å². The summed E-state index contributed by atoms with van der Waals surface area (Å²) in [5.41, 5.74) is 4.66. The summed E-state index contributed by atoms with van der Waals surface area (Å²) >= 11 is 1.72. The van der Waals surface area contributed by atoms with Crippen molar-refractivity contribution in [1.82, 2.24) is 4.98 Å². The normalized spacial score (nSPS) is 10.9. The maximum atomic E-state index is 4.08. The molecule has 1 nitrogen and oxygen atoms in total. The summed E-state index contributed by atoms with van der Waals surface area (Å²) < 4.78 is 0. The van der Waals surface area contributed by atoms with Crippen LogP contribution in [0.2, 0.25) is 0 Å². The fourth-order valence-electron chi connectivity index (χ4n) is 1.55. The van der Waals surface area contributed by atoms with E-state index in [0.29, 0.717) is 5.92 Å². The van der Waals surface area contributed by atoms with Gasteiger partial charge in [0.1, 0.15) is 0 Å². The zero-order chi connectivity index (χ0) is 10.7. The lowest BCUT2D eigenvalue weighted by Crippen LogP contribution is -1.89. The van der Waals surface area contributed by atoms with Crippen LogP contribution in [-0.4, -0.2) is 4.98 Å². The Balaban J connectivity index is 2.11. The molecule has 0 N–H and O–H groups in total. The van der Waals surface area contributed by atoms with Crippen LogP contribution in [0, 0.1) is 0 Å². The molecule has 2 aromatic rings. The van der Waals surface area contributed by atoms with Gasteiger partial charge in [0.2, 0.25) is 0 Å². The van der Waals surface area contributed by atoms with E-state index in [-0.39, 0.29) is 0 Å². The fourth-order valence-corrected chi connectivity index (χ4v) is 2.18. The quantitative estimate of drug-likeness (QED) is 0.760. The highest BCUT2D eigenvalue weighted by Crippen LogP contribution is 2.17. The molecule has 1 heterocycles. The number of aromatic nitrogens is 1. The van der Waals surface area contributed by atoms with Crippen molar-refractivity contribution in [3.63, 3.8) is 0 Å². The van der Waals surface area contributed by atoms with Crippen molar-refractivity contribution in [3.05, 3.63) is 52.0 Å². The first-order valence-electron chi connectivity index (χ1n) is 5.22. The van der Waals surface area contributed by atoms with E-state index in [1.807, 2.05) is 11.7 Å². The van der Waals surface area contributed by atoms with Gasteiger partial charge in [-0.2, -0.15) is 0 Å². The Morgan fingerprint density at radius 3 is 2.47 bits per heavy atom. The summed E-state index contributed by atoms with van der Waals surface area (Å²) in [5, 5.41) is 0. The van der Waals surface area contributed by atoms with Crippen molar-refractivity contribution in [2.45, 2.75) is 26.2 Å². The average molecular weight is 217 g/mol. The Labute approximate surface area is 94.8 Å². The Hall–Kier alpha value is -1.15. The second-order valence-corrected chi connectivity index (χ2v) is 5.01. The zero-order valence-electron chi connectivity index (χ0n) is 9.10. The molecular weight excluding hydrogens is 202 g/mol. The van der Waals surface area contributed by atoms with Gasteiger partial charge in [0.25, 0.3) is 0 Å². The lowest BCUT2D eigenvalue weighted by atomic mass is 10.0. The van der Waals surface area contributed by atoms with Gasteiger partial charge in [0.05, 0.1) is 5.51 Å². The Morgan fingerprint density at radius 1 is 1.20 bits per heavy atom. The number of rotatable bonds is 3. The summed E-state index contributed by atoms with van der Waals surface area (Å²) in [6, 6.07) is 8.88. The lowest BCUT2D eigenvalue weighted by Gasteiger charge is -2.05. The highest BCUT2D eigenvalue weighted by molar-refractivity contribution is 7.09. The van der Waals surface area contributed by atoms with Crippen molar-refractivity contribution in [2.24, 2.45) is 0 Å². The molecule has 0 aliphatic heterocycles. The third-order valence-corrected chi connectivity index (χ3v) is 3.29. The molecular formula is C13H15NS. The number of thiazole rings is 1. The van der Waals surface area contributed by atoms with Crippen LogP contribution < -0.4 is 0 Å². The van der Waals surface area contributed by atoms with Crippen molar-refractivity contribution in [2.75, 3.05) is 0 Å². The second kappa shape index (κ2) is 4.58. The van der Waals surface area contributed by atoms with Crippen molar-refractivity contribution < 1.29 is 0 Å². The van der Waals surface area contributed by atoms with Crippen LogP contribution in [0.4, 0.5) is 0 Å². The topological polar surface area (TPSA) is 12.9 Å². The summed E-state index contributed by atoms with van der Waals surface area (Å²) in [6.45, 7) is 4.44. The molecule has 0 bridgehead atoms. The van der Waals surface area contributed by atoms with Crippen molar-refractivity contribution in [3.8, 4) is 0 Å². The molecule has 0 aliphatic rings. The molecule has 1 aromatic heterocycles. The predicted octanol–water partition coefficient (Wildman–Crippen LogP) is 3.86. The molecule has 0 aliphatic carbocycles. The van der Waals surface area contributed by atoms with Gasteiger partial charge in [-0.25, -0.2) is 0 Å². The van der Waals surface area contributed by atoms with E-state index in [2.05, 4.69) is 43.1 Å². The van der Waals surface area contributed by atoms with Crippen molar-refractivity contribution in [1.29, 1.82) is 0 Å². The van der Waals surface area contributed by atoms with Gasteiger partial charge < -0.3 is 0 Å². The molecule has 1 aromatic carbocycles. The lowest BCUT2D eigenvalue weighted by molar-refractivity contribution is 0.865. The third kappa shape index (κ3) is 2.66. The highest BCUT2D eigenvalue weighted by atomic mass is 32.1. The second-order valence-electron chi connectivity index (χ2n) is 4.04. The minimum Gasteiger partial charge on any atom is -0.253 e. The van der Waals surface area contributed by atoms with Crippen LogP contribution in [0.1, 0.15) is 35.8 Å². The maximum Gasteiger partial charge on any atom is 0.0794 e. The zero-order valence-corrected chi connectivity index (χ0v) is 9.92. The molecule has 2 rings (SSSR count). The molecule has 0 spiro atoms. The molecule has 0 saturated heterocycles. The van der Waals surface area contributed by atoms with Crippen LogP contribution in [0.3, 0.4) is 0 Å². The summed E-state index contributed by atoms with van der Waals surface area (Å²) in [5.74, 6) is 0.613. The van der Waals surface area contributed by atoms with Gasteiger partial charge in [0.15, 0.2) is 0 Å². The number of benzene rings is 1. The largest absolute Gasteiger partial charge is 0.253 e. The molecule has 0 amide bonds. The highest BCUT2D eigenvalue weighted by Gasteiger charge is 2.00. The van der Waals surface area contributed by atoms with Crippen LogP contribution in [0.5, 0.6) is 0 Å². The summed E-state index contributed by atoms with van der Waals surface area (Å²) in [4.78, 5) is 5.41. The van der Waals surface area contributed by atoms with Crippen molar-refractivity contribution >= 4 is 11.3 Å². The molecule has 2 heteroatoms. The molecule has 0 unspecified atom stereocenters. The first-order valence-corrected chi connectivity index (χ1v) is 6.10. The smallest absolute Gasteiger partial charge is 0.0794 e. The van der Waals surface area contributed by atoms with E-state index >= 15 is 0 Å². The van der Waals surface area contributed by atoms with Gasteiger partial charge in [-0.1, -0.05) is 38.1 Å². The van der Waals surface area contributed by atoms with E-state index in [0.717, 1.165) is 6.42 Å².